The number of halogens is 10. The molecule has 0 radical (unpaired) electrons. The summed E-state index contributed by atoms with van der Waals surface area (Å²) in [7, 11) is 1.66. The molecule has 3 unspecified atom stereocenters. The van der Waals surface area contributed by atoms with E-state index >= 15 is 0 Å². The quantitative estimate of drug-likeness (QED) is 0.0284. The van der Waals surface area contributed by atoms with E-state index in [0.29, 0.717) is 83.3 Å². The first kappa shape index (κ1) is 106. The van der Waals surface area contributed by atoms with E-state index in [-0.39, 0.29) is 0 Å². The molecule has 0 saturated heterocycles. The molecule has 46 heteroatoms. The fraction of sp³-hybridized carbons (Fsp3) is 0.359. The second-order valence-corrected chi connectivity index (χ2v) is 50.7. The number of benzene rings is 4. The van der Waals surface area contributed by atoms with E-state index in [2.05, 4.69) is 185 Å². The summed E-state index contributed by atoms with van der Waals surface area (Å²) in [5.74, 6) is -4.01. The van der Waals surface area contributed by atoms with Crippen LogP contribution in [-0.4, -0.2) is 156 Å². The van der Waals surface area contributed by atoms with E-state index in [0.717, 1.165) is 168 Å². The zero-order chi connectivity index (χ0) is 98.8. The second-order valence-electron chi connectivity index (χ2n) is 33.6. The number of aromatic nitrogens is 15. The highest BCUT2D eigenvalue weighted by Gasteiger charge is 2.39. The lowest BCUT2D eigenvalue weighted by Gasteiger charge is -2.19. The smallest absolute Gasteiger partial charge is 0.321 e. The lowest BCUT2D eigenvalue weighted by molar-refractivity contribution is -0.139. The summed E-state index contributed by atoms with van der Waals surface area (Å²) < 4.78 is 43.8. The van der Waals surface area contributed by atoms with E-state index in [4.69, 9.17) is 27.9 Å². The third-order valence-electron chi connectivity index (χ3n) is 23.0. The first-order valence-corrected chi connectivity index (χ1v) is 57.2. The number of carboxylic acid groups (broad SMARTS) is 5. The molecule has 5 aliphatic carbocycles. The van der Waals surface area contributed by atoms with Crippen LogP contribution in [0.3, 0.4) is 0 Å². The van der Waals surface area contributed by atoms with E-state index < -0.39 is 66.7 Å². The molecular formula is C92H87Br6Cl2F2N15O11S10. The predicted octanol–water partition coefficient (Wildman–Crippen LogP) is 28.2. The van der Waals surface area contributed by atoms with Gasteiger partial charge < -0.3 is 30.3 Å². The highest BCUT2D eigenvalue weighted by atomic mass is 79.9. The number of methoxy groups -OCH3 is 1. The fourth-order valence-corrected chi connectivity index (χ4v) is 31.3. The predicted molar refractivity (Wildman–Crippen MR) is 567 cm³/mol. The van der Waals surface area contributed by atoms with Crippen molar-refractivity contribution in [3.8, 4) is 62.1 Å². The fourth-order valence-electron chi connectivity index (χ4n) is 15.5. The monoisotopic (exact) mass is 2480 g/mol. The molecule has 3 atom stereocenters. The standard InChI is InChI=1S/C20H19Br2N3O3S2.C20H18BrCl2N3O2S2.C20H18BrF2N3O2S2.C18H16BrN3O2S2.C14H16BrN3O2S2/c1-10(18(26)27)29-20-24-23-19(22)25(20)17-13-6-4-3-5-12(13)16(30-17)11-7-8-15(28-2)14(21)9-11;2*1-20(2,17(27)28)30-19-25-24-18(21)26(19)16-12-6-4-3-5-11(12)15(29-16)10-7-8-13(22)14(23)9-10;1-10-9-13(25-14(10)12-7-8-12)22-17(19)20-21-18(22)26-15(16(23)24)11-5-3-2-4-6-11;1-3-9(12(19)20)21-14-17-16-13(15)18(14)10-6-7(2)11(22-10)8-4-5-8/h7-10H,3-6H2,1-2H3,(H,26,27);2*7-9H,3-6H2,1-2H3,(H,27,28);2-6,9,12,15H,7-8H2,1H3,(H,23,24);6,8-9H,3-5H2,1-2H3,(H,19,20). The normalized spacial score (nSPS) is 14.6. The molecule has 726 valence electrons. The van der Waals surface area contributed by atoms with Gasteiger partial charge in [0.25, 0.3) is 0 Å². The average Bonchev–Trinajstić information content (AvgIpc) is 1.59. The number of hydrogen-bond donors (Lipinski definition) is 5. The molecule has 10 heterocycles. The van der Waals surface area contributed by atoms with Crippen molar-refractivity contribution >= 4 is 264 Å². The number of rotatable bonds is 28. The van der Waals surface area contributed by atoms with E-state index in [1.54, 1.807) is 93.1 Å². The zero-order valence-electron chi connectivity index (χ0n) is 74.9. The number of nitrogens with zero attached hydrogens (tertiary/aromatic N) is 15. The lowest BCUT2D eigenvalue weighted by atomic mass is 9.91. The van der Waals surface area contributed by atoms with Gasteiger partial charge in [0.05, 0.1) is 21.6 Å². The van der Waals surface area contributed by atoms with E-state index in [9.17, 15) is 58.3 Å². The number of hydrogen-bond acceptors (Lipinski definition) is 26. The third-order valence-corrected chi connectivity index (χ3v) is 39.4. The van der Waals surface area contributed by atoms with Gasteiger partial charge >= 0.3 is 29.8 Å². The van der Waals surface area contributed by atoms with Gasteiger partial charge in [-0.15, -0.1) is 108 Å². The Morgan fingerprint density at radius 1 is 0.457 bits per heavy atom. The highest BCUT2D eigenvalue weighted by Crippen LogP contribution is 2.54. The number of thioether (sulfide) groups is 5. The Kier molecular flexibility index (Phi) is 35.0. The summed E-state index contributed by atoms with van der Waals surface area (Å²) in [6, 6.07) is 29.3. The summed E-state index contributed by atoms with van der Waals surface area (Å²) in [6.45, 7) is 14.3. The van der Waals surface area contributed by atoms with Crippen LogP contribution < -0.4 is 4.74 Å². The molecule has 4 aromatic carbocycles. The maximum Gasteiger partial charge on any atom is 0.321 e. The van der Waals surface area contributed by atoms with Gasteiger partial charge in [-0.1, -0.05) is 131 Å². The number of carboxylic acids is 5. The summed E-state index contributed by atoms with van der Waals surface area (Å²) in [5.41, 5.74) is 13.6. The average molecular weight is 2490 g/mol. The number of aryl methyl sites for hydroxylation is 2. The minimum Gasteiger partial charge on any atom is -0.496 e. The van der Waals surface area contributed by atoms with Crippen molar-refractivity contribution in [2.24, 2.45) is 0 Å². The molecule has 14 aromatic rings. The number of carbonyl (C=O) groups is 5. The molecule has 2 saturated carbocycles. The first-order chi connectivity index (χ1) is 65.8. The zero-order valence-corrected chi connectivity index (χ0v) is 94.1. The highest BCUT2D eigenvalue weighted by molar-refractivity contribution is 9.11. The number of ether oxygens (including phenoxy) is 1. The molecule has 26 nitrogen and oxygen atoms in total. The largest absolute Gasteiger partial charge is 0.496 e. The van der Waals surface area contributed by atoms with Gasteiger partial charge in [-0.05, 0) is 386 Å². The molecule has 2 fully saturated rings. The Morgan fingerprint density at radius 2 is 0.841 bits per heavy atom. The molecule has 0 spiro atoms. The lowest BCUT2D eigenvalue weighted by Crippen LogP contribution is -2.27. The number of aliphatic carboxylic acids is 5. The topological polar surface area (TPSA) is 349 Å². The van der Waals surface area contributed by atoms with E-state index in [1.807, 2.05) is 84.4 Å². The first-order valence-electron chi connectivity index (χ1n) is 43.4. The van der Waals surface area contributed by atoms with Gasteiger partial charge in [0.2, 0.25) is 23.7 Å². The van der Waals surface area contributed by atoms with Crippen LogP contribution in [0, 0.1) is 25.5 Å². The SMILES string of the molecule is CC(C)(Sc1nnc(Br)n1-c1sc(-c2ccc(Cl)c(Cl)c2)c2c1CCCC2)C(=O)O.CC(C)(Sc1nnc(Br)n1-c1sc(-c2ccc(F)c(F)c2)c2c1CCCC2)C(=O)O.CCC(Sc1nnc(Br)n1-c1cc(C)c(C2CC2)s1)C(=O)O.COc1ccc(-c2sc(-n3c(Br)nnc3SC(C)C(=O)O)c3c2CCCC3)cc1Br.Cc1cc(-n2c(Br)nnc2SC(C(=O)O)c2ccccc2)sc1C1CC1. The van der Waals surface area contributed by atoms with Crippen LogP contribution in [0.25, 0.3) is 56.3 Å². The Bertz CT molecular complexity index is 6750. The Labute approximate surface area is 894 Å². The number of fused-ring (bicyclic) bond motifs is 3. The van der Waals surface area contributed by atoms with Gasteiger partial charge in [-0.2, -0.15) is 0 Å². The maximum atomic E-state index is 13.9. The molecule has 0 aliphatic heterocycles. The minimum atomic E-state index is -1.09. The van der Waals surface area contributed by atoms with Gasteiger partial charge in [0.1, 0.15) is 56.0 Å². The van der Waals surface area contributed by atoms with Crippen molar-refractivity contribution < 1.29 is 63.0 Å². The summed E-state index contributed by atoms with van der Waals surface area (Å²) >= 11 is 47.6. The van der Waals surface area contributed by atoms with Crippen molar-refractivity contribution in [3.63, 3.8) is 0 Å². The molecule has 138 heavy (non-hydrogen) atoms. The van der Waals surface area contributed by atoms with Gasteiger partial charge in [-0.3, -0.25) is 46.8 Å². The summed E-state index contributed by atoms with van der Waals surface area (Å²) in [4.78, 5) is 63.8. The van der Waals surface area contributed by atoms with Crippen LogP contribution in [0.2, 0.25) is 10.0 Å². The molecular weight excluding hydrogens is 2400 g/mol. The maximum absolute atomic E-state index is 13.9. The summed E-state index contributed by atoms with van der Waals surface area (Å²) in [6.07, 6.45) is 17.8. The molecule has 5 aliphatic rings. The third kappa shape index (κ3) is 23.9. The van der Waals surface area contributed by atoms with Gasteiger partial charge in [-0.25, -0.2) is 8.78 Å². The van der Waals surface area contributed by atoms with E-state index in [1.165, 1.54) is 138 Å². The van der Waals surface area contributed by atoms with Crippen molar-refractivity contribution in [1.29, 1.82) is 0 Å². The Balaban J connectivity index is 0.000000131. The van der Waals surface area contributed by atoms with Crippen LogP contribution >= 0.6 is 234 Å². The molecule has 19 rings (SSSR count). The molecule has 5 N–H and O–H groups in total. The van der Waals surface area contributed by atoms with Crippen molar-refractivity contribution in [3.05, 3.63) is 207 Å². The van der Waals surface area contributed by atoms with Crippen LogP contribution in [0.1, 0.15) is 189 Å². The van der Waals surface area contributed by atoms with Gasteiger partial charge in [0, 0.05) is 24.4 Å². The minimum absolute atomic E-state index is 0.459. The van der Waals surface area contributed by atoms with Gasteiger partial charge in [0.15, 0.2) is 37.4 Å². The van der Waals surface area contributed by atoms with Crippen molar-refractivity contribution in [2.75, 3.05) is 7.11 Å². The number of thiophene rings is 5. The molecule has 10 aromatic heterocycles. The van der Waals surface area contributed by atoms with Crippen LogP contribution in [0.15, 0.2) is 151 Å². The van der Waals surface area contributed by atoms with Crippen LogP contribution in [0.4, 0.5) is 8.78 Å². The molecule has 0 bridgehead atoms. The second kappa shape index (κ2) is 45.7. The molecule has 0 amide bonds. The van der Waals surface area contributed by atoms with Crippen LogP contribution in [0.5, 0.6) is 5.75 Å². The van der Waals surface area contributed by atoms with Crippen molar-refractivity contribution in [2.45, 2.75) is 227 Å². The van der Waals surface area contributed by atoms with Crippen LogP contribution in [-0.2, 0) is 62.5 Å². The Hall–Kier alpha value is -6.70. The summed E-state index contributed by atoms with van der Waals surface area (Å²) in [5, 5.41) is 95.9. The Morgan fingerprint density at radius 3 is 1.22 bits per heavy atom. The van der Waals surface area contributed by atoms with Crippen molar-refractivity contribution in [1.82, 2.24) is 73.8 Å².